The molecule has 2 heterocycles. The SMILES string of the molecule is CC(C)(C)OC(=O)N1CCN(C2c3ccc(Cl)cc3CCCc3cc(Br)cnc32)CC1. The number of nitrogens with zero attached hydrogens (tertiary/aromatic N) is 3. The second-order valence-corrected chi connectivity index (χ2v) is 10.7. The predicted molar refractivity (Wildman–Crippen MR) is 127 cm³/mol. The Morgan fingerprint density at radius 1 is 1.13 bits per heavy atom. The van der Waals surface area contributed by atoms with Crippen LogP contribution in [-0.4, -0.2) is 52.7 Å². The van der Waals surface area contributed by atoms with Gasteiger partial charge in [0, 0.05) is 41.9 Å². The molecule has 1 atom stereocenters. The quantitative estimate of drug-likeness (QED) is 0.503. The van der Waals surface area contributed by atoms with Gasteiger partial charge in [-0.2, -0.15) is 0 Å². The third kappa shape index (κ3) is 5.24. The largest absolute Gasteiger partial charge is 0.444 e. The van der Waals surface area contributed by atoms with Crippen molar-refractivity contribution in [3.8, 4) is 0 Å². The first-order valence-electron chi connectivity index (χ1n) is 10.9. The summed E-state index contributed by atoms with van der Waals surface area (Å²) < 4.78 is 6.58. The van der Waals surface area contributed by atoms with E-state index in [2.05, 4.69) is 39.0 Å². The molecule has 1 unspecified atom stereocenters. The van der Waals surface area contributed by atoms with E-state index in [1.807, 2.05) is 37.9 Å². The van der Waals surface area contributed by atoms with Gasteiger partial charge in [-0.25, -0.2) is 4.79 Å². The molecule has 0 N–H and O–H groups in total. The Labute approximate surface area is 197 Å². The number of carbonyl (C=O) groups is 1. The molecule has 0 bridgehead atoms. The number of amides is 1. The average Bonchev–Trinajstić information content (AvgIpc) is 2.69. The van der Waals surface area contributed by atoms with Crippen molar-refractivity contribution < 1.29 is 9.53 Å². The summed E-state index contributed by atoms with van der Waals surface area (Å²) >= 11 is 9.93. The van der Waals surface area contributed by atoms with Gasteiger partial charge in [0.15, 0.2) is 0 Å². The molecule has 1 amide bonds. The molecule has 166 valence electrons. The van der Waals surface area contributed by atoms with Crippen molar-refractivity contribution in [2.24, 2.45) is 0 Å². The zero-order chi connectivity index (χ0) is 22.2. The normalized spacial score (nSPS) is 19.8. The fraction of sp³-hybridized carbons (Fsp3) is 0.500. The van der Waals surface area contributed by atoms with E-state index in [0.717, 1.165) is 47.5 Å². The summed E-state index contributed by atoms with van der Waals surface area (Å²) in [5, 5.41) is 0.775. The summed E-state index contributed by atoms with van der Waals surface area (Å²) in [4.78, 5) is 21.6. The highest BCUT2D eigenvalue weighted by molar-refractivity contribution is 9.10. The molecule has 2 aliphatic rings. The molecule has 1 aromatic carbocycles. The number of ether oxygens (including phenoxy) is 1. The summed E-state index contributed by atoms with van der Waals surface area (Å²) in [7, 11) is 0. The van der Waals surface area contributed by atoms with Crippen molar-refractivity contribution in [1.29, 1.82) is 0 Å². The molecule has 1 aromatic heterocycles. The molecular formula is C24H29BrClN3O2. The topological polar surface area (TPSA) is 45.7 Å². The van der Waals surface area contributed by atoms with Crippen molar-refractivity contribution in [1.82, 2.24) is 14.8 Å². The predicted octanol–water partition coefficient (Wildman–Crippen LogP) is 5.63. The molecule has 7 heteroatoms. The van der Waals surface area contributed by atoms with Gasteiger partial charge in [0.1, 0.15) is 5.60 Å². The first-order valence-corrected chi connectivity index (χ1v) is 12.0. The van der Waals surface area contributed by atoms with Crippen LogP contribution in [0.2, 0.25) is 5.02 Å². The Morgan fingerprint density at radius 3 is 2.55 bits per heavy atom. The number of halogens is 2. The third-order valence-electron chi connectivity index (χ3n) is 5.85. The van der Waals surface area contributed by atoms with Gasteiger partial charge in [0.2, 0.25) is 0 Å². The maximum atomic E-state index is 12.5. The van der Waals surface area contributed by atoms with Gasteiger partial charge in [-0.05, 0) is 90.9 Å². The van der Waals surface area contributed by atoms with Crippen molar-refractivity contribution >= 4 is 33.6 Å². The molecule has 31 heavy (non-hydrogen) atoms. The van der Waals surface area contributed by atoms with Crippen molar-refractivity contribution in [3.05, 3.63) is 62.3 Å². The van der Waals surface area contributed by atoms with Crippen LogP contribution in [0.25, 0.3) is 0 Å². The van der Waals surface area contributed by atoms with Gasteiger partial charge in [-0.1, -0.05) is 17.7 Å². The number of fused-ring (bicyclic) bond motifs is 2. The first kappa shape index (κ1) is 22.6. The Morgan fingerprint density at radius 2 is 1.84 bits per heavy atom. The van der Waals surface area contributed by atoms with E-state index in [0.29, 0.717) is 13.1 Å². The molecule has 0 radical (unpaired) electrons. The van der Waals surface area contributed by atoms with Crippen molar-refractivity contribution in [2.75, 3.05) is 26.2 Å². The Balaban J connectivity index is 1.64. The van der Waals surface area contributed by atoms with Crippen molar-refractivity contribution in [3.63, 3.8) is 0 Å². The van der Waals surface area contributed by atoms with E-state index < -0.39 is 5.60 Å². The smallest absolute Gasteiger partial charge is 0.410 e. The minimum Gasteiger partial charge on any atom is -0.444 e. The standard InChI is InChI=1S/C24H29BrClN3O2/c1-24(2,3)31-23(30)29-11-9-28(10-12-29)22-20-8-7-19(26)14-16(20)5-4-6-17-13-18(25)15-27-21(17)22/h7-8,13-15,22H,4-6,9-12H2,1-3H3. The Hall–Kier alpha value is -1.63. The van der Waals surface area contributed by atoms with Crippen LogP contribution in [0, 0.1) is 0 Å². The summed E-state index contributed by atoms with van der Waals surface area (Å²) in [5.74, 6) is 0. The molecule has 1 aliphatic carbocycles. The van der Waals surface area contributed by atoms with Gasteiger partial charge in [-0.3, -0.25) is 9.88 Å². The molecule has 4 rings (SSSR count). The number of aromatic nitrogens is 1. The van der Waals surface area contributed by atoms with Crippen LogP contribution < -0.4 is 0 Å². The fourth-order valence-corrected chi connectivity index (χ4v) is 5.04. The van der Waals surface area contributed by atoms with Gasteiger partial charge < -0.3 is 9.64 Å². The van der Waals surface area contributed by atoms with Gasteiger partial charge in [0.25, 0.3) is 0 Å². The Kier molecular flexibility index (Phi) is 6.61. The molecule has 1 fully saturated rings. The summed E-state index contributed by atoms with van der Waals surface area (Å²) in [6.45, 7) is 8.52. The lowest BCUT2D eigenvalue weighted by Crippen LogP contribution is -2.51. The number of rotatable bonds is 1. The zero-order valence-electron chi connectivity index (χ0n) is 18.3. The van der Waals surface area contributed by atoms with E-state index >= 15 is 0 Å². The summed E-state index contributed by atoms with van der Waals surface area (Å²) in [6.07, 6.45) is 4.70. The van der Waals surface area contributed by atoms with E-state index in [4.69, 9.17) is 21.3 Å². The van der Waals surface area contributed by atoms with Gasteiger partial charge >= 0.3 is 6.09 Å². The van der Waals surface area contributed by atoms with E-state index in [1.165, 1.54) is 16.7 Å². The average molecular weight is 507 g/mol. The van der Waals surface area contributed by atoms with Crippen LogP contribution in [0.15, 0.2) is 34.9 Å². The first-order chi connectivity index (χ1) is 14.7. The molecule has 0 spiro atoms. The van der Waals surface area contributed by atoms with E-state index in [-0.39, 0.29) is 12.1 Å². The van der Waals surface area contributed by atoms with Crippen LogP contribution in [0.4, 0.5) is 4.79 Å². The Bertz CT molecular complexity index is 914. The second-order valence-electron chi connectivity index (χ2n) is 9.30. The van der Waals surface area contributed by atoms with Crippen LogP contribution in [-0.2, 0) is 17.6 Å². The maximum absolute atomic E-state index is 12.5. The molecular weight excluding hydrogens is 478 g/mol. The summed E-state index contributed by atoms with van der Waals surface area (Å²) in [6, 6.07) is 8.49. The number of aryl methyl sites for hydroxylation is 2. The van der Waals surface area contributed by atoms with Gasteiger partial charge in [-0.15, -0.1) is 0 Å². The summed E-state index contributed by atoms with van der Waals surface area (Å²) in [5.41, 5.74) is 4.47. The minimum absolute atomic E-state index is 0.0523. The van der Waals surface area contributed by atoms with Crippen LogP contribution >= 0.6 is 27.5 Å². The van der Waals surface area contributed by atoms with Gasteiger partial charge in [0.05, 0.1) is 11.7 Å². The van der Waals surface area contributed by atoms with Crippen LogP contribution in [0.1, 0.15) is 55.6 Å². The maximum Gasteiger partial charge on any atom is 0.410 e. The third-order valence-corrected chi connectivity index (χ3v) is 6.52. The highest BCUT2D eigenvalue weighted by Gasteiger charge is 2.33. The second kappa shape index (κ2) is 9.08. The van der Waals surface area contributed by atoms with Crippen LogP contribution in [0.3, 0.4) is 0 Å². The number of pyridine rings is 1. The number of hydrogen-bond donors (Lipinski definition) is 0. The minimum atomic E-state index is -0.484. The highest BCUT2D eigenvalue weighted by Crippen LogP contribution is 2.37. The van der Waals surface area contributed by atoms with Crippen molar-refractivity contribution in [2.45, 2.75) is 51.7 Å². The van der Waals surface area contributed by atoms with Crippen LogP contribution in [0.5, 0.6) is 0 Å². The monoisotopic (exact) mass is 505 g/mol. The van der Waals surface area contributed by atoms with E-state index in [9.17, 15) is 4.79 Å². The van der Waals surface area contributed by atoms with E-state index in [1.54, 1.807) is 0 Å². The molecule has 1 aliphatic heterocycles. The zero-order valence-corrected chi connectivity index (χ0v) is 20.7. The number of piperazine rings is 1. The number of benzene rings is 1. The molecule has 0 saturated carbocycles. The molecule has 1 saturated heterocycles. The lowest BCUT2D eigenvalue weighted by molar-refractivity contribution is 0.0117. The molecule has 2 aromatic rings. The highest BCUT2D eigenvalue weighted by atomic mass is 79.9. The number of hydrogen-bond acceptors (Lipinski definition) is 4. The number of carbonyl (C=O) groups excluding carboxylic acids is 1. The molecule has 5 nitrogen and oxygen atoms in total. The fourth-order valence-electron chi connectivity index (χ4n) is 4.47. The lowest BCUT2D eigenvalue weighted by Gasteiger charge is -2.41. The lowest BCUT2D eigenvalue weighted by atomic mass is 9.87.